The van der Waals surface area contributed by atoms with E-state index in [1.54, 1.807) is 19.2 Å². The van der Waals surface area contributed by atoms with Crippen molar-refractivity contribution in [3.8, 4) is 5.75 Å². The van der Waals surface area contributed by atoms with E-state index in [-0.39, 0.29) is 24.2 Å². The highest BCUT2D eigenvalue weighted by molar-refractivity contribution is 6.05. The first-order valence-corrected chi connectivity index (χ1v) is 5.08. The number of likely N-dealkylation sites (tertiary alicyclic amines) is 1. The number of rotatable bonds is 2. The highest BCUT2D eigenvalue weighted by Crippen LogP contribution is 2.29. The Morgan fingerprint density at radius 2 is 1.88 bits per heavy atom. The Morgan fingerprint density at radius 3 is 2.31 bits per heavy atom. The van der Waals surface area contributed by atoms with Crippen molar-refractivity contribution < 1.29 is 14.3 Å². The second-order valence-electron chi connectivity index (χ2n) is 3.82. The normalized spacial score (nSPS) is 20.4. The third-order valence-corrected chi connectivity index (χ3v) is 2.90. The van der Waals surface area contributed by atoms with Gasteiger partial charge in [0.2, 0.25) is 11.8 Å². The molecule has 0 saturated carbocycles. The third kappa shape index (κ3) is 1.66. The van der Waals surface area contributed by atoms with E-state index in [1.807, 2.05) is 12.1 Å². The standard InChI is InChI=1S/C12H13NO3/c1-13-11(14)7-10(12(13)15)8-3-5-9(16-2)6-4-8/h3-6,10H,7H2,1-2H3. The van der Waals surface area contributed by atoms with Gasteiger partial charge in [0, 0.05) is 13.5 Å². The largest absolute Gasteiger partial charge is 0.497 e. The van der Waals surface area contributed by atoms with Crippen LogP contribution in [0.1, 0.15) is 17.9 Å². The molecule has 1 heterocycles. The Kier molecular flexibility index (Phi) is 2.64. The Balaban J connectivity index is 2.25. The summed E-state index contributed by atoms with van der Waals surface area (Å²) in [7, 11) is 3.11. The molecule has 0 bridgehead atoms. The quantitative estimate of drug-likeness (QED) is 0.701. The minimum atomic E-state index is -0.330. The lowest BCUT2D eigenvalue weighted by Crippen LogP contribution is -2.25. The summed E-state index contributed by atoms with van der Waals surface area (Å²) >= 11 is 0. The summed E-state index contributed by atoms with van der Waals surface area (Å²) in [5.74, 6) is 0.165. The summed E-state index contributed by atoms with van der Waals surface area (Å²) in [4.78, 5) is 24.3. The van der Waals surface area contributed by atoms with Crippen LogP contribution in [0.5, 0.6) is 5.75 Å². The van der Waals surface area contributed by atoms with Crippen LogP contribution in [0.3, 0.4) is 0 Å². The number of methoxy groups -OCH3 is 1. The molecular weight excluding hydrogens is 206 g/mol. The van der Waals surface area contributed by atoms with Gasteiger partial charge in [-0.25, -0.2) is 0 Å². The predicted octanol–water partition coefficient (Wildman–Crippen LogP) is 1.17. The van der Waals surface area contributed by atoms with E-state index in [9.17, 15) is 9.59 Å². The maximum atomic E-state index is 11.7. The summed E-state index contributed by atoms with van der Waals surface area (Å²) in [5, 5.41) is 0. The molecule has 4 nitrogen and oxygen atoms in total. The van der Waals surface area contributed by atoms with Crippen LogP contribution in [-0.2, 0) is 9.59 Å². The summed E-state index contributed by atoms with van der Waals surface area (Å²) in [6, 6.07) is 7.25. The molecule has 1 fully saturated rings. The monoisotopic (exact) mass is 219 g/mol. The summed E-state index contributed by atoms with van der Waals surface area (Å²) in [5.41, 5.74) is 0.864. The van der Waals surface area contributed by atoms with Gasteiger partial charge in [-0.2, -0.15) is 0 Å². The molecule has 84 valence electrons. The minimum absolute atomic E-state index is 0.120. The predicted molar refractivity (Wildman–Crippen MR) is 58.1 cm³/mol. The van der Waals surface area contributed by atoms with Crippen molar-refractivity contribution in [1.29, 1.82) is 0 Å². The molecule has 1 aromatic rings. The van der Waals surface area contributed by atoms with Crippen molar-refractivity contribution in [3.63, 3.8) is 0 Å². The zero-order chi connectivity index (χ0) is 11.7. The van der Waals surface area contributed by atoms with E-state index < -0.39 is 0 Å². The number of nitrogens with zero attached hydrogens (tertiary/aromatic N) is 1. The van der Waals surface area contributed by atoms with Gasteiger partial charge in [0.15, 0.2) is 0 Å². The number of benzene rings is 1. The summed E-state index contributed by atoms with van der Waals surface area (Å²) < 4.78 is 5.04. The highest BCUT2D eigenvalue weighted by Gasteiger charge is 2.36. The van der Waals surface area contributed by atoms with E-state index in [4.69, 9.17) is 4.74 Å². The maximum absolute atomic E-state index is 11.7. The Bertz CT molecular complexity index is 424. The average molecular weight is 219 g/mol. The van der Waals surface area contributed by atoms with Crippen LogP contribution in [0.15, 0.2) is 24.3 Å². The van der Waals surface area contributed by atoms with Crippen LogP contribution < -0.4 is 4.74 Å². The summed E-state index contributed by atoms with van der Waals surface area (Å²) in [6.45, 7) is 0. The van der Waals surface area contributed by atoms with Gasteiger partial charge in [-0.15, -0.1) is 0 Å². The Labute approximate surface area is 93.8 Å². The van der Waals surface area contributed by atoms with Crippen molar-refractivity contribution in [2.75, 3.05) is 14.2 Å². The number of imide groups is 1. The van der Waals surface area contributed by atoms with E-state index in [0.29, 0.717) is 0 Å². The van der Waals surface area contributed by atoms with Crippen LogP contribution in [0.2, 0.25) is 0 Å². The first-order chi connectivity index (χ1) is 7.63. The van der Waals surface area contributed by atoms with E-state index in [1.165, 1.54) is 11.9 Å². The van der Waals surface area contributed by atoms with E-state index in [2.05, 4.69) is 0 Å². The second kappa shape index (κ2) is 3.96. The topological polar surface area (TPSA) is 46.6 Å². The van der Waals surface area contributed by atoms with Gasteiger partial charge in [0.05, 0.1) is 13.0 Å². The molecule has 1 aromatic carbocycles. The molecular formula is C12H13NO3. The smallest absolute Gasteiger partial charge is 0.236 e. The van der Waals surface area contributed by atoms with Gasteiger partial charge < -0.3 is 4.74 Å². The maximum Gasteiger partial charge on any atom is 0.236 e. The molecule has 4 heteroatoms. The van der Waals surface area contributed by atoms with Crippen LogP contribution in [0.4, 0.5) is 0 Å². The van der Waals surface area contributed by atoms with Gasteiger partial charge in [0.1, 0.15) is 5.75 Å². The molecule has 0 N–H and O–H groups in total. The zero-order valence-electron chi connectivity index (χ0n) is 9.27. The number of carbonyl (C=O) groups excluding carboxylic acids is 2. The minimum Gasteiger partial charge on any atom is -0.497 e. The lowest BCUT2D eigenvalue weighted by Gasteiger charge is -2.09. The van der Waals surface area contributed by atoms with Gasteiger partial charge in [-0.3, -0.25) is 14.5 Å². The van der Waals surface area contributed by atoms with E-state index >= 15 is 0 Å². The molecule has 0 aliphatic carbocycles. The first kappa shape index (κ1) is 10.7. The second-order valence-corrected chi connectivity index (χ2v) is 3.82. The molecule has 1 aliphatic heterocycles. The highest BCUT2D eigenvalue weighted by atomic mass is 16.5. The van der Waals surface area contributed by atoms with Crippen molar-refractivity contribution in [2.24, 2.45) is 0 Å². The Hall–Kier alpha value is -1.84. The number of hydrogen-bond donors (Lipinski definition) is 0. The van der Waals surface area contributed by atoms with Crippen molar-refractivity contribution in [3.05, 3.63) is 29.8 Å². The molecule has 2 amide bonds. The fraction of sp³-hybridized carbons (Fsp3) is 0.333. The van der Waals surface area contributed by atoms with Crippen LogP contribution >= 0.6 is 0 Å². The van der Waals surface area contributed by atoms with Crippen molar-refractivity contribution >= 4 is 11.8 Å². The van der Waals surface area contributed by atoms with Gasteiger partial charge in [-0.05, 0) is 17.7 Å². The van der Waals surface area contributed by atoms with Crippen LogP contribution in [0.25, 0.3) is 0 Å². The number of ether oxygens (including phenoxy) is 1. The van der Waals surface area contributed by atoms with Gasteiger partial charge >= 0.3 is 0 Å². The molecule has 1 aliphatic rings. The zero-order valence-corrected chi connectivity index (χ0v) is 9.27. The SMILES string of the molecule is COc1ccc(C2CC(=O)N(C)C2=O)cc1. The molecule has 2 rings (SSSR count). The van der Waals surface area contributed by atoms with Gasteiger partial charge in [0.25, 0.3) is 0 Å². The third-order valence-electron chi connectivity index (χ3n) is 2.90. The molecule has 16 heavy (non-hydrogen) atoms. The fourth-order valence-electron chi connectivity index (χ4n) is 1.85. The fourth-order valence-corrected chi connectivity index (χ4v) is 1.85. The number of hydrogen-bond acceptors (Lipinski definition) is 3. The molecule has 0 radical (unpaired) electrons. The number of amides is 2. The molecule has 1 saturated heterocycles. The van der Waals surface area contributed by atoms with Crippen LogP contribution in [-0.4, -0.2) is 30.9 Å². The molecule has 0 spiro atoms. The Morgan fingerprint density at radius 1 is 1.25 bits per heavy atom. The van der Waals surface area contributed by atoms with Crippen molar-refractivity contribution in [2.45, 2.75) is 12.3 Å². The lowest BCUT2D eigenvalue weighted by molar-refractivity contribution is -0.137. The van der Waals surface area contributed by atoms with Crippen molar-refractivity contribution in [1.82, 2.24) is 4.90 Å². The molecule has 1 unspecified atom stereocenters. The van der Waals surface area contributed by atoms with Gasteiger partial charge in [-0.1, -0.05) is 12.1 Å². The molecule has 1 atom stereocenters. The molecule has 0 aromatic heterocycles. The number of likely N-dealkylation sites (N-methyl/N-ethyl adjacent to an activating group) is 1. The summed E-state index contributed by atoms with van der Waals surface area (Å²) in [6.07, 6.45) is 0.266. The number of carbonyl (C=O) groups is 2. The van der Waals surface area contributed by atoms with Crippen LogP contribution in [0, 0.1) is 0 Å². The average Bonchev–Trinajstić information content (AvgIpc) is 2.57. The first-order valence-electron chi connectivity index (χ1n) is 5.08. The lowest BCUT2D eigenvalue weighted by atomic mass is 9.97. The van der Waals surface area contributed by atoms with E-state index in [0.717, 1.165) is 11.3 Å².